The molecular weight excluding hydrogens is 256 g/mol. The molecule has 2 amide bonds. The summed E-state index contributed by atoms with van der Waals surface area (Å²) in [6, 6.07) is 4.41. The molecule has 0 unspecified atom stereocenters. The van der Waals surface area contributed by atoms with Gasteiger partial charge in [0.15, 0.2) is 0 Å². The molecule has 0 atom stereocenters. The van der Waals surface area contributed by atoms with Crippen LogP contribution in [0.15, 0.2) is 18.2 Å². The molecule has 0 aliphatic carbocycles. The Morgan fingerprint density at radius 3 is 2.50 bits per heavy atom. The predicted octanol–water partition coefficient (Wildman–Crippen LogP) is 1.80. The van der Waals surface area contributed by atoms with Crippen LogP contribution >= 0.6 is 11.6 Å². The number of benzene rings is 1. The second kappa shape index (κ2) is 5.37. The molecule has 0 fully saturated rings. The van der Waals surface area contributed by atoms with E-state index in [9.17, 15) is 9.59 Å². The van der Waals surface area contributed by atoms with Crippen molar-refractivity contribution in [3.8, 4) is 0 Å². The molecule has 0 aromatic heterocycles. The van der Waals surface area contributed by atoms with Crippen LogP contribution in [-0.2, 0) is 9.53 Å². The number of amides is 2. The molecule has 6 heteroatoms. The van der Waals surface area contributed by atoms with E-state index in [4.69, 9.17) is 22.1 Å². The minimum atomic E-state index is -0.994. The first-order valence-electron chi connectivity index (χ1n) is 5.24. The lowest BCUT2D eigenvalue weighted by molar-refractivity contribution is -0.133. The number of primary amides is 1. The highest BCUT2D eigenvalue weighted by Gasteiger charge is 2.27. The van der Waals surface area contributed by atoms with Gasteiger partial charge in [0, 0.05) is 12.7 Å². The lowest BCUT2D eigenvalue weighted by atomic mass is 10.1. The largest absolute Gasteiger partial charge is 0.369 e. The van der Waals surface area contributed by atoms with Gasteiger partial charge in [-0.25, -0.2) is 0 Å². The molecule has 1 aromatic carbocycles. The van der Waals surface area contributed by atoms with Crippen molar-refractivity contribution >= 4 is 29.1 Å². The number of anilines is 1. The highest BCUT2D eigenvalue weighted by atomic mass is 35.5. The van der Waals surface area contributed by atoms with Crippen LogP contribution in [0, 0.1) is 0 Å². The van der Waals surface area contributed by atoms with E-state index >= 15 is 0 Å². The van der Waals surface area contributed by atoms with Crippen LogP contribution in [0.25, 0.3) is 0 Å². The fraction of sp³-hybridized carbons (Fsp3) is 0.333. The quantitative estimate of drug-likeness (QED) is 0.875. The summed E-state index contributed by atoms with van der Waals surface area (Å²) >= 11 is 5.93. The van der Waals surface area contributed by atoms with E-state index < -0.39 is 11.5 Å². The van der Waals surface area contributed by atoms with Gasteiger partial charge in [0.1, 0.15) is 5.60 Å². The number of carbonyl (C=O) groups is 2. The van der Waals surface area contributed by atoms with Crippen LogP contribution in [0.2, 0.25) is 5.02 Å². The Labute approximate surface area is 110 Å². The highest BCUT2D eigenvalue weighted by molar-refractivity contribution is 6.34. The van der Waals surface area contributed by atoms with E-state index in [1.165, 1.54) is 25.3 Å². The lowest BCUT2D eigenvalue weighted by Crippen LogP contribution is -2.38. The number of carbonyl (C=O) groups excluding carboxylic acids is 2. The molecule has 0 heterocycles. The van der Waals surface area contributed by atoms with Crippen LogP contribution in [0.3, 0.4) is 0 Å². The van der Waals surface area contributed by atoms with Gasteiger partial charge < -0.3 is 15.8 Å². The number of nitrogens with one attached hydrogen (secondary N) is 1. The van der Waals surface area contributed by atoms with E-state index in [-0.39, 0.29) is 11.5 Å². The first kappa shape index (κ1) is 14.5. The standard InChI is InChI=1S/C12H15ClN2O3/c1-12(2,18-3)11(17)15-9-6-7(10(14)16)4-5-8(9)13/h4-6H,1-3H3,(H2,14,16)(H,15,17). The van der Waals surface area contributed by atoms with Crippen molar-refractivity contribution in [2.75, 3.05) is 12.4 Å². The Morgan fingerprint density at radius 1 is 1.39 bits per heavy atom. The third kappa shape index (κ3) is 3.21. The van der Waals surface area contributed by atoms with E-state index in [0.29, 0.717) is 10.7 Å². The van der Waals surface area contributed by atoms with Gasteiger partial charge in [-0.15, -0.1) is 0 Å². The van der Waals surface area contributed by atoms with Crippen molar-refractivity contribution in [2.45, 2.75) is 19.4 Å². The first-order valence-corrected chi connectivity index (χ1v) is 5.61. The molecule has 3 N–H and O–H groups in total. The number of halogens is 1. The zero-order valence-electron chi connectivity index (χ0n) is 10.4. The fourth-order valence-electron chi connectivity index (χ4n) is 1.14. The molecule has 98 valence electrons. The Hall–Kier alpha value is -1.59. The molecule has 0 saturated heterocycles. The SMILES string of the molecule is COC(C)(C)C(=O)Nc1cc(C(N)=O)ccc1Cl. The smallest absolute Gasteiger partial charge is 0.256 e. The van der Waals surface area contributed by atoms with Gasteiger partial charge in [-0.3, -0.25) is 9.59 Å². The average Bonchev–Trinajstić information content (AvgIpc) is 2.31. The molecule has 1 aromatic rings. The maximum absolute atomic E-state index is 11.9. The lowest BCUT2D eigenvalue weighted by Gasteiger charge is -2.22. The van der Waals surface area contributed by atoms with Crippen molar-refractivity contribution in [1.82, 2.24) is 0 Å². The van der Waals surface area contributed by atoms with Gasteiger partial charge in [-0.05, 0) is 32.0 Å². The minimum Gasteiger partial charge on any atom is -0.369 e. The molecule has 5 nitrogen and oxygen atoms in total. The molecular formula is C12H15ClN2O3. The van der Waals surface area contributed by atoms with Crippen LogP contribution in [0.4, 0.5) is 5.69 Å². The van der Waals surface area contributed by atoms with Gasteiger partial charge in [0.2, 0.25) is 5.91 Å². The van der Waals surface area contributed by atoms with Gasteiger partial charge in [-0.2, -0.15) is 0 Å². The maximum atomic E-state index is 11.9. The molecule has 0 aliphatic heterocycles. The molecule has 0 bridgehead atoms. The fourth-order valence-corrected chi connectivity index (χ4v) is 1.30. The first-order chi connectivity index (χ1) is 8.27. The summed E-state index contributed by atoms with van der Waals surface area (Å²) in [5.41, 5.74) is 4.75. The van der Waals surface area contributed by atoms with Crippen molar-refractivity contribution in [3.63, 3.8) is 0 Å². The van der Waals surface area contributed by atoms with Crippen molar-refractivity contribution in [1.29, 1.82) is 0 Å². The molecule has 1 rings (SSSR count). The summed E-state index contributed by atoms with van der Waals surface area (Å²) in [4.78, 5) is 22.9. The molecule has 0 saturated carbocycles. The van der Waals surface area contributed by atoms with Gasteiger partial charge in [0.25, 0.3) is 5.91 Å². The van der Waals surface area contributed by atoms with Crippen LogP contribution in [-0.4, -0.2) is 24.5 Å². The monoisotopic (exact) mass is 270 g/mol. The number of rotatable bonds is 4. The molecule has 0 aliphatic rings. The van der Waals surface area contributed by atoms with E-state index in [1.807, 2.05) is 0 Å². The molecule has 0 radical (unpaired) electrons. The second-order valence-corrected chi connectivity index (χ2v) is 4.63. The number of methoxy groups -OCH3 is 1. The zero-order chi connectivity index (χ0) is 13.9. The van der Waals surface area contributed by atoms with Crippen molar-refractivity contribution < 1.29 is 14.3 Å². The van der Waals surface area contributed by atoms with Gasteiger partial charge in [0.05, 0.1) is 10.7 Å². The zero-order valence-corrected chi connectivity index (χ0v) is 11.2. The summed E-state index contributed by atoms with van der Waals surface area (Å²) in [5, 5.41) is 2.91. The third-order valence-corrected chi connectivity index (χ3v) is 2.89. The van der Waals surface area contributed by atoms with Crippen LogP contribution in [0.1, 0.15) is 24.2 Å². The average molecular weight is 271 g/mol. The number of hydrogen-bond acceptors (Lipinski definition) is 3. The Balaban J connectivity index is 3.01. The molecule has 0 spiro atoms. The van der Waals surface area contributed by atoms with E-state index in [0.717, 1.165) is 0 Å². The van der Waals surface area contributed by atoms with Crippen molar-refractivity contribution in [2.24, 2.45) is 5.73 Å². The van der Waals surface area contributed by atoms with Gasteiger partial charge in [-0.1, -0.05) is 11.6 Å². The summed E-state index contributed by atoms with van der Waals surface area (Å²) in [5.74, 6) is -0.957. The van der Waals surface area contributed by atoms with E-state index in [2.05, 4.69) is 5.32 Å². The summed E-state index contributed by atoms with van der Waals surface area (Å²) < 4.78 is 5.04. The van der Waals surface area contributed by atoms with Crippen molar-refractivity contribution in [3.05, 3.63) is 28.8 Å². The summed E-state index contributed by atoms with van der Waals surface area (Å²) in [7, 11) is 1.43. The Bertz CT molecular complexity index is 486. The third-order valence-electron chi connectivity index (χ3n) is 2.56. The number of nitrogens with two attached hydrogens (primary N) is 1. The normalized spacial score (nSPS) is 11.1. The number of ether oxygens (including phenoxy) is 1. The summed E-state index contributed by atoms with van der Waals surface area (Å²) in [6.45, 7) is 3.24. The predicted molar refractivity (Wildman–Crippen MR) is 69.7 cm³/mol. The Kier molecular flexibility index (Phi) is 4.32. The Morgan fingerprint density at radius 2 is 2.00 bits per heavy atom. The highest BCUT2D eigenvalue weighted by Crippen LogP contribution is 2.24. The number of hydrogen-bond donors (Lipinski definition) is 2. The summed E-state index contributed by atoms with van der Waals surface area (Å²) in [6.07, 6.45) is 0. The van der Waals surface area contributed by atoms with Crippen LogP contribution in [0.5, 0.6) is 0 Å². The van der Waals surface area contributed by atoms with Gasteiger partial charge >= 0.3 is 0 Å². The van der Waals surface area contributed by atoms with E-state index in [1.54, 1.807) is 13.8 Å². The minimum absolute atomic E-state index is 0.268. The topological polar surface area (TPSA) is 81.4 Å². The second-order valence-electron chi connectivity index (χ2n) is 4.23. The maximum Gasteiger partial charge on any atom is 0.256 e. The van der Waals surface area contributed by atoms with Crippen LogP contribution < -0.4 is 11.1 Å². The molecule has 18 heavy (non-hydrogen) atoms.